The van der Waals surface area contributed by atoms with Crippen molar-refractivity contribution >= 4 is 28.7 Å². The number of aromatic hydroxyl groups is 1. The summed E-state index contributed by atoms with van der Waals surface area (Å²) in [4.78, 5) is 12.9. The molecule has 0 spiro atoms. The molecule has 0 bridgehead atoms. The van der Waals surface area contributed by atoms with Crippen molar-refractivity contribution in [1.29, 1.82) is 0 Å². The van der Waals surface area contributed by atoms with Crippen molar-refractivity contribution in [3.63, 3.8) is 0 Å². The number of benzene rings is 3. The number of esters is 1. The fourth-order valence-corrected chi connectivity index (χ4v) is 4.30. The van der Waals surface area contributed by atoms with Crippen molar-refractivity contribution in [1.82, 2.24) is 0 Å². The van der Waals surface area contributed by atoms with Gasteiger partial charge in [-0.1, -0.05) is 6.07 Å². The number of ether oxygens (including phenoxy) is 2. The first-order chi connectivity index (χ1) is 17.2. The van der Waals surface area contributed by atoms with E-state index in [0.717, 1.165) is 10.3 Å². The number of rotatable bonds is 7. The number of hydrogen-bond acceptors (Lipinski definition) is 6. The molecule has 188 valence electrons. The first kappa shape index (κ1) is 25.4. The van der Waals surface area contributed by atoms with Gasteiger partial charge in [0, 0.05) is 17.4 Å². The third kappa shape index (κ3) is 4.58. The molecule has 1 N–H and O–H groups in total. The van der Waals surface area contributed by atoms with Gasteiger partial charge < -0.3 is 19.0 Å². The second kappa shape index (κ2) is 10.1. The van der Waals surface area contributed by atoms with Crippen molar-refractivity contribution in [3.8, 4) is 28.6 Å². The highest BCUT2D eigenvalue weighted by molar-refractivity contribution is 7.99. The number of phenols is 1. The molecule has 11 heteroatoms. The molecule has 0 fully saturated rings. The summed E-state index contributed by atoms with van der Waals surface area (Å²) in [6, 6.07) is 9.89. The summed E-state index contributed by atoms with van der Waals surface area (Å²) in [5.74, 6) is -13.2. The van der Waals surface area contributed by atoms with E-state index in [0.29, 0.717) is 22.5 Å². The standard InChI is InChI=1S/C25H17F5O5S/c1-33-16-10-12(5-6-14(16)31)23-25(36-2)13-9-11(3-7-15(13)34-23)4-8-17(32)35-24-21(29)19(27)18(26)20(28)22(24)30/h3,5-7,9-10,31H,4,8H2,1-2H3. The Morgan fingerprint density at radius 1 is 0.972 bits per heavy atom. The maximum Gasteiger partial charge on any atom is 0.311 e. The predicted molar refractivity (Wildman–Crippen MR) is 122 cm³/mol. The molecule has 0 unspecified atom stereocenters. The van der Waals surface area contributed by atoms with Crippen LogP contribution in [0.5, 0.6) is 17.2 Å². The van der Waals surface area contributed by atoms with E-state index in [-0.39, 0.29) is 24.3 Å². The highest BCUT2D eigenvalue weighted by Gasteiger charge is 2.28. The van der Waals surface area contributed by atoms with Crippen molar-refractivity contribution in [2.75, 3.05) is 13.4 Å². The van der Waals surface area contributed by atoms with Crippen LogP contribution < -0.4 is 9.47 Å². The van der Waals surface area contributed by atoms with Gasteiger partial charge in [-0.05, 0) is 48.6 Å². The van der Waals surface area contributed by atoms with E-state index in [9.17, 15) is 31.9 Å². The fourth-order valence-electron chi connectivity index (χ4n) is 3.57. The molecule has 4 rings (SSSR count). The molecule has 0 atom stereocenters. The molecule has 0 aliphatic rings. The van der Waals surface area contributed by atoms with E-state index in [4.69, 9.17) is 9.15 Å². The van der Waals surface area contributed by atoms with E-state index in [2.05, 4.69) is 4.74 Å². The van der Waals surface area contributed by atoms with Crippen molar-refractivity contribution in [2.24, 2.45) is 0 Å². The van der Waals surface area contributed by atoms with Crippen LogP contribution in [0.25, 0.3) is 22.3 Å². The van der Waals surface area contributed by atoms with Crippen LogP contribution in [0.1, 0.15) is 12.0 Å². The lowest BCUT2D eigenvalue weighted by atomic mass is 10.1. The molecule has 4 aromatic rings. The van der Waals surface area contributed by atoms with Gasteiger partial charge in [0.15, 0.2) is 11.5 Å². The molecule has 0 aliphatic carbocycles. The van der Waals surface area contributed by atoms with Gasteiger partial charge in [0.2, 0.25) is 34.8 Å². The lowest BCUT2D eigenvalue weighted by Gasteiger charge is -2.09. The normalized spacial score (nSPS) is 11.2. The van der Waals surface area contributed by atoms with E-state index in [1.165, 1.54) is 24.9 Å². The number of carbonyl (C=O) groups is 1. The number of carbonyl (C=O) groups excluding carboxylic acids is 1. The largest absolute Gasteiger partial charge is 0.504 e. The quantitative estimate of drug-likeness (QED) is 0.0719. The molecule has 5 nitrogen and oxygen atoms in total. The first-order valence-electron chi connectivity index (χ1n) is 10.3. The summed E-state index contributed by atoms with van der Waals surface area (Å²) >= 11 is 1.41. The Hall–Kier alpha value is -3.73. The van der Waals surface area contributed by atoms with Gasteiger partial charge >= 0.3 is 5.97 Å². The topological polar surface area (TPSA) is 68.9 Å². The summed E-state index contributed by atoms with van der Waals surface area (Å²) in [5, 5.41) is 10.6. The van der Waals surface area contributed by atoms with Crippen LogP contribution in [-0.2, 0) is 11.2 Å². The van der Waals surface area contributed by atoms with Gasteiger partial charge in [0.1, 0.15) is 11.3 Å². The SMILES string of the molecule is COc1cc(-c2oc3ccc(CCC(=O)Oc4c(F)c(F)c(F)c(F)c4F)cc3c2SC)ccc1O. The van der Waals surface area contributed by atoms with Crippen molar-refractivity contribution in [3.05, 3.63) is 71.0 Å². The number of aryl methyl sites for hydroxylation is 1. The van der Waals surface area contributed by atoms with Gasteiger partial charge in [-0.3, -0.25) is 4.79 Å². The molecule has 3 aromatic carbocycles. The molecule has 0 saturated carbocycles. The molecule has 0 radical (unpaired) electrons. The molecule has 1 heterocycles. The minimum absolute atomic E-state index is 0.0249. The second-order valence-electron chi connectivity index (χ2n) is 7.55. The van der Waals surface area contributed by atoms with Crippen LogP contribution in [0.15, 0.2) is 45.7 Å². The second-order valence-corrected chi connectivity index (χ2v) is 8.37. The van der Waals surface area contributed by atoms with Crippen LogP contribution in [0.2, 0.25) is 0 Å². The lowest BCUT2D eigenvalue weighted by Crippen LogP contribution is -2.14. The average Bonchev–Trinajstić information content (AvgIpc) is 3.25. The van der Waals surface area contributed by atoms with E-state index >= 15 is 0 Å². The Morgan fingerprint density at radius 3 is 2.28 bits per heavy atom. The zero-order chi connectivity index (χ0) is 26.1. The number of methoxy groups -OCH3 is 1. The molecule has 0 amide bonds. The van der Waals surface area contributed by atoms with Crippen LogP contribution in [0.4, 0.5) is 22.0 Å². The lowest BCUT2D eigenvalue weighted by molar-refractivity contribution is -0.134. The molecular formula is C25H17F5O5S. The van der Waals surface area contributed by atoms with Crippen LogP contribution in [0, 0.1) is 29.1 Å². The summed E-state index contributed by atoms with van der Waals surface area (Å²) in [5.41, 5.74) is 1.86. The average molecular weight is 524 g/mol. The van der Waals surface area contributed by atoms with Crippen LogP contribution in [-0.4, -0.2) is 24.4 Å². The monoisotopic (exact) mass is 524 g/mol. The summed E-state index contributed by atoms with van der Waals surface area (Å²) in [6.45, 7) is 0. The van der Waals surface area contributed by atoms with Crippen molar-refractivity contribution in [2.45, 2.75) is 17.7 Å². The van der Waals surface area contributed by atoms with Gasteiger partial charge in [-0.25, -0.2) is 13.2 Å². The summed E-state index contributed by atoms with van der Waals surface area (Å²) < 4.78 is 83.0. The highest BCUT2D eigenvalue weighted by Crippen LogP contribution is 2.42. The van der Waals surface area contributed by atoms with Crippen molar-refractivity contribution < 1.29 is 45.7 Å². The number of hydrogen-bond donors (Lipinski definition) is 1. The maximum atomic E-state index is 13.8. The minimum Gasteiger partial charge on any atom is -0.504 e. The van der Waals surface area contributed by atoms with Gasteiger partial charge in [-0.15, -0.1) is 11.8 Å². The number of fused-ring (bicyclic) bond motifs is 1. The highest BCUT2D eigenvalue weighted by atomic mass is 32.2. The number of phenolic OH excluding ortho intramolecular Hbond substituents is 1. The Kier molecular flexibility index (Phi) is 7.11. The van der Waals surface area contributed by atoms with Gasteiger partial charge in [0.25, 0.3) is 0 Å². The van der Waals surface area contributed by atoms with Gasteiger partial charge in [-0.2, -0.15) is 8.78 Å². The number of furan rings is 1. The Bertz CT molecular complexity index is 1450. The van der Waals surface area contributed by atoms with Crippen LogP contribution in [0.3, 0.4) is 0 Å². The van der Waals surface area contributed by atoms with E-state index in [1.807, 2.05) is 6.26 Å². The summed E-state index contributed by atoms with van der Waals surface area (Å²) in [6.07, 6.45) is 1.52. The Balaban J connectivity index is 1.56. The smallest absolute Gasteiger partial charge is 0.311 e. The summed E-state index contributed by atoms with van der Waals surface area (Å²) in [7, 11) is 1.43. The zero-order valence-electron chi connectivity index (χ0n) is 18.8. The predicted octanol–water partition coefficient (Wildman–Crippen LogP) is 6.77. The Labute approximate surface area is 205 Å². The molecule has 0 saturated heterocycles. The molecular weight excluding hydrogens is 507 g/mol. The number of halogens is 5. The van der Waals surface area contributed by atoms with Crippen LogP contribution >= 0.6 is 11.8 Å². The maximum absolute atomic E-state index is 13.8. The third-order valence-corrected chi connectivity index (χ3v) is 6.17. The van der Waals surface area contributed by atoms with Gasteiger partial charge in [0.05, 0.1) is 12.0 Å². The van der Waals surface area contributed by atoms with E-state index < -0.39 is 40.8 Å². The third-order valence-electron chi connectivity index (χ3n) is 5.36. The zero-order valence-corrected chi connectivity index (χ0v) is 19.6. The van der Waals surface area contributed by atoms with E-state index in [1.54, 1.807) is 30.3 Å². The molecule has 1 aromatic heterocycles. The molecule has 36 heavy (non-hydrogen) atoms. The first-order valence-corrected chi connectivity index (χ1v) is 11.6. The number of thioether (sulfide) groups is 1. The minimum atomic E-state index is -2.34. The molecule has 0 aliphatic heterocycles. The fraction of sp³-hybridized carbons (Fsp3) is 0.160. The Morgan fingerprint density at radius 2 is 1.64 bits per heavy atom.